The molecule has 0 radical (unpaired) electrons. The summed E-state index contributed by atoms with van der Waals surface area (Å²) in [6.45, 7) is 4.45. The molecule has 2 nitrogen and oxygen atoms in total. The molecule has 0 rings (SSSR count). The first-order valence-electron chi connectivity index (χ1n) is 3.96. The van der Waals surface area contributed by atoms with Crippen molar-refractivity contribution in [2.45, 2.75) is 39.5 Å². The SMILES string of the molecule is CCCCCC(=O)OCC.[Pd+2]. The third-order valence-corrected chi connectivity index (χ3v) is 1.29. The molecule has 0 saturated heterocycles. The van der Waals surface area contributed by atoms with Gasteiger partial charge in [-0.15, -0.1) is 0 Å². The Bertz CT molecular complexity index is 94.1. The maximum absolute atomic E-state index is 10.7. The van der Waals surface area contributed by atoms with Gasteiger partial charge in [0.2, 0.25) is 0 Å². The fourth-order valence-electron chi connectivity index (χ4n) is 0.752. The summed E-state index contributed by atoms with van der Waals surface area (Å²) >= 11 is 0. The molecule has 11 heavy (non-hydrogen) atoms. The van der Waals surface area contributed by atoms with Crippen molar-refractivity contribution in [3.05, 3.63) is 0 Å². The fraction of sp³-hybridized carbons (Fsp3) is 0.875. The van der Waals surface area contributed by atoms with Crippen LogP contribution in [-0.2, 0) is 30.0 Å². The van der Waals surface area contributed by atoms with Crippen LogP contribution in [0.5, 0.6) is 0 Å². The van der Waals surface area contributed by atoms with Gasteiger partial charge in [-0.25, -0.2) is 0 Å². The van der Waals surface area contributed by atoms with Gasteiger partial charge >= 0.3 is 26.4 Å². The van der Waals surface area contributed by atoms with E-state index in [0.717, 1.165) is 19.3 Å². The molecule has 0 amide bonds. The molecule has 0 aromatic carbocycles. The first-order chi connectivity index (χ1) is 4.81. The Morgan fingerprint density at radius 2 is 1.91 bits per heavy atom. The molecule has 0 aliphatic heterocycles. The Hall–Kier alpha value is 0.132. The van der Waals surface area contributed by atoms with Gasteiger partial charge in [0.25, 0.3) is 0 Å². The molecular formula is C8H16O2Pd+2. The number of rotatable bonds is 5. The number of carbonyl (C=O) groups excluding carboxylic acids is 1. The molecule has 68 valence electrons. The van der Waals surface area contributed by atoms with E-state index in [-0.39, 0.29) is 26.4 Å². The van der Waals surface area contributed by atoms with Crippen LogP contribution < -0.4 is 0 Å². The second-order valence-electron chi connectivity index (χ2n) is 2.26. The predicted octanol–water partition coefficient (Wildman–Crippen LogP) is 2.13. The van der Waals surface area contributed by atoms with E-state index in [0.29, 0.717) is 13.0 Å². The van der Waals surface area contributed by atoms with Crippen LogP contribution in [0, 0.1) is 0 Å². The van der Waals surface area contributed by atoms with Gasteiger partial charge in [0.1, 0.15) is 0 Å². The molecule has 0 aliphatic rings. The summed E-state index contributed by atoms with van der Waals surface area (Å²) in [5.74, 6) is -0.0593. The van der Waals surface area contributed by atoms with E-state index < -0.39 is 0 Å². The van der Waals surface area contributed by atoms with Gasteiger partial charge in [-0.3, -0.25) is 4.79 Å². The maximum Gasteiger partial charge on any atom is 2.00 e. The Morgan fingerprint density at radius 3 is 2.36 bits per heavy atom. The van der Waals surface area contributed by atoms with Gasteiger partial charge in [0, 0.05) is 6.42 Å². The Kier molecular flexibility index (Phi) is 12.6. The summed E-state index contributed by atoms with van der Waals surface area (Å²) < 4.78 is 4.75. The summed E-state index contributed by atoms with van der Waals surface area (Å²) in [7, 11) is 0. The van der Waals surface area contributed by atoms with Crippen LogP contribution in [0.15, 0.2) is 0 Å². The zero-order valence-electron chi connectivity index (χ0n) is 7.17. The second-order valence-corrected chi connectivity index (χ2v) is 2.26. The molecular weight excluding hydrogens is 235 g/mol. The molecule has 0 N–H and O–H groups in total. The zero-order valence-corrected chi connectivity index (χ0v) is 8.72. The molecule has 0 aromatic rings. The molecule has 3 heteroatoms. The predicted molar refractivity (Wildman–Crippen MR) is 40.8 cm³/mol. The van der Waals surface area contributed by atoms with E-state index in [9.17, 15) is 4.79 Å². The van der Waals surface area contributed by atoms with E-state index >= 15 is 0 Å². The van der Waals surface area contributed by atoms with E-state index in [1.165, 1.54) is 0 Å². The number of hydrogen-bond acceptors (Lipinski definition) is 2. The molecule has 0 bridgehead atoms. The van der Waals surface area contributed by atoms with Crippen LogP contribution in [0.25, 0.3) is 0 Å². The standard InChI is InChI=1S/C8H16O2.Pd/c1-3-5-6-7-8(9)10-4-2;/h3-7H2,1-2H3;/q;+2. The summed E-state index contributed by atoms with van der Waals surface area (Å²) in [5.41, 5.74) is 0. The number of ether oxygens (including phenoxy) is 1. The van der Waals surface area contributed by atoms with Crippen molar-refractivity contribution >= 4 is 5.97 Å². The molecule has 0 saturated carbocycles. The van der Waals surface area contributed by atoms with Gasteiger partial charge in [0.15, 0.2) is 0 Å². The largest absolute Gasteiger partial charge is 2.00 e. The van der Waals surface area contributed by atoms with E-state index in [2.05, 4.69) is 6.92 Å². The van der Waals surface area contributed by atoms with Crippen molar-refractivity contribution in [3.8, 4) is 0 Å². The van der Waals surface area contributed by atoms with Crippen molar-refractivity contribution in [1.82, 2.24) is 0 Å². The summed E-state index contributed by atoms with van der Waals surface area (Å²) in [4.78, 5) is 10.7. The van der Waals surface area contributed by atoms with E-state index in [1.54, 1.807) is 0 Å². The van der Waals surface area contributed by atoms with Crippen LogP contribution in [0.1, 0.15) is 39.5 Å². The van der Waals surface area contributed by atoms with Crippen LogP contribution in [0.3, 0.4) is 0 Å². The second kappa shape index (κ2) is 10.1. The molecule has 0 fully saturated rings. The normalized spacial score (nSPS) is 8.55. The zero-order chi connectivity index (χ0) is 7.82. The van der Waals surface area contributed by atoms with Crippen molar-refractivity contribution in [3.63, 3.8) is 0 Å². The average Bonchev–Trinajstić information content (AvgIpc) is 1.89. The van der Waals surface area contributed by atoms with Crippen LogP contribution in [0.4, 0.5) is 0 Å². The van der Waals surface area contributed by atoms with E-state index in [4.69, 9.17) is 4.74 Å². The first kappa shape index (κ1) is 13.7. The molecule has 0 aromatic heterocycles. The molecule has 0 spiro atoms. The molecule has 0 unspecified atom stereocenters. The first-order valence-corrected chi connectivity index (χ1v) is 3.96. The Labute approximate surface area is 82.3 Å². The van der Waals surface area contributed by atoms with Gasteiger partial charge < -0.3 is 4.74 Å². The third kappa shape index (κ3) is 10.1. The minimum Gasteiger partial charge on any atom is -0.466 e. The quantitative estimate of drug-likeness (QED) is 0.424. The van der Waals surface area contributed by atoms with Crippen LogP contribution >= 0.6 is 0 Å². The minimum atomic E-state index is -0.0593. The Morgan fingerprint density at radius 1 is 1.27 bits per heavy atom. The Balaban J connectivity index is 0. The number of hydrogen-bond donors (Lipinski definition) is 0. The van der Waals surface area contributed by atoms with E-state index in [1.807, 2.05) is 6.92 Å². The average molecular weight is 251 g/mol. The smallest absolute Gasteiger partial charge is 0.466 e. The summed E-state index contributed by atoms with van der Waals surface area (Å²) in [5, 5.41) is 0. The van der Waals surface area contributed by atoms with Gasteiger partial charge in [0.05, 0.1) is 6.61 Å². The van der Waals surface area contributed by atoms with Gasteiger partial charge in [-0.2, -0.15) is 0 Å². The summed E-state index contributed by atoms with van der Waals surface area (Å²) in [6, 6.07) is 0. The van der Waals surface area contributed by atoms with Crippen LogP contribution in [-0.4, -0.2) is 12.6 Å². The van der Waals surface area contributed by atoms with Crippen molar-refractivity contribution in [1.29, 1.82) is 0 Å². The monoisotopic (exact) mass is 250 g/mol. The fourth-order valence-corrected chi connectivity index (χ4v) is 0.752. The minimum absolute atomic E-state index is 0. The number of unbranched alkanes of at least 4 members (excludes halogenated alkanes) is 2. The maximum atomic E-state index is 10.7. The van der Waals surface area contributed by atoms with Crippen molar-refractivity contribution in [2.24, 2.45) is 0 Å². The summed E-state index contributed by atoms with van der Waals surface area (Å²) in [6.07, 6.45) is 3.83. The molecule has 0 heterocycles. The van der Waals surface area contributed by atoms with Crippen LogP contribution in [0.2, 0.25) is 0 Å². The van der Waals surface area contributed by atoms with Crippen molar-refractivity contribution in [2.75, 3.05) is 6.61 Å². The molecule has 0 aliphatic carbocycles. The number of esters is 1. The third-order valence-electron chi connectivity index (χ3n) is 1.29. The number of carbonyl (C=O) groups is 1. The molecule has 0 atom stereocenters. The van der Waals surface area contributed by atoms with Gasteiger partial charge in [-0.05, 0) is 13.3 Å². The van der Waals surface area contributed by atoms with Gasteiger partial charge in [-0.1, -0.05) is 19.8 Å². The van der Waals surface area contributed by atoms with Crippen molar-refractivity contribution < 1.29 is 30.0 Å². The topological polar surface area (TPSA) is 26.3 Å².